The summed E-state index contributed by atoms with van der Waals surface area (Å²) in [6.45, 7) is 9.22. The number of hydrogen-bond donors (Lipinski definition) is 0. The van der Waals surface area contributed by atoms with Crippen molar-refractivity contribution >= 4 is 11.6 Å². The molecule has 1 heterocycles. The maximum absolute atomic E-state index is 13.4. The molecule has 1 aliphatic heterocycles. The molecule has 3 aliphatic carbocycles. The summed E-state index contributed by atoms with van der Waals surface area (Å²) in [5.74, 6) is 2.94. The number of hydrogen-bond acceptors (Lipinski definition) is 4. The topological polar surface area (TPSA) is 52.6 Å². The van der Waals surface area contributed by atoms with E-state index in [0.717, 1.165) is 42.3 Å². The molecule has 176 valence electrons. The van der Waals surface area contributed by atoms with E-state index in [-0.39, 0.29) is 28.3 Å². The predicted molar refractivity (Wildman–Crippen MR) is 128 cm³/mol. The Kier molecular flexibility index (Phi) is 5.54. The summed E-state index contributed by atoms with van der Waals surface area (Å²) in [6, 6.07) is 8.06. The molecule has 0 N–H and O–H groups in total. The molecule has 4 aliphatic rings. The average Bonchev–Trinajstić information content (AvgIpc) is 3.23. The molecule has 1 saturated carbocycles. The van der Waals surface area contributed by atoms with Gasteiger partial charge in [-0.1, -0.05) is 52.7 Å². The van der Waals surface area contributed by atoms with Crippen molar-refractivity contribution in [3.8, 4) is 5.75 Å². The highest BCUT2D eigenvalue weighted by Crippen LogP contribution is 2.53. The first kappa shape index (κ1) is 22.4. The van der Waals surface area contributed by atoms with Gasteiger partial charge in [0, 0.05) is 42.7 Å². The van der Waals surface area contributed by atoms with Crippen LogP contribution >= 0.6 is 0 Å². The Morgan fingerprint density at radius 1 is 0.818 bits per heavy atom. The first-order valence-corrected chi connectivity index (χ1v) is 12.5. The molecule has 0 amide bonds. The summed E-state index contributed by atoms with van der Waals surface area (Å²) < 4.78 is 12.4. The van der Waals surface area contributed by atoms with E-state index in [4.69, 9.17) is 9.47 Å². The minimum absolute atomic E-state index is 0.108. The highest BCUT2D eigenvalue weighted by Gasteiger charge is 2.47. The molecule has 0 radical (unpaired) electrons. The molecule has 1 aromatic carbocycles. The van der Waals surface area contributed by atoms with Gasteiger partial charge in [0.2, 0.25) is 0 Å². The van der Waals surface area contributed by atoms with E-state index in [1.165, 1.54) is 25.7 Å². The molecule has 0 spiro atoms. The first-order valence-electron chi connectivity index (χ1n) is 12.5. The molecule has 5 rings (SSSR count). The minimum atomic E-state index is -0.333. The smallest absolute Gasteiger partial charge is 0.163 e. The Morgan fingerprint density at radius 2 is 1.33 bits per heavy atom. The van der Waals surface area contributed by atoms with Crippen molar-refractivity contribution < 1.29 is 19.1 Å². The SMILES string of the molecule is CC1(C)CC(=O)C2=C(C1)OC1=C(C(=O)CC(C)(C)C1)C2c1ccc(OCC2CCCC2)cc1. The second kappa shape index (κ2) is 8.14. The molecule has 4 nitrogen and oxygen atoms in total. The number of rotatable bonds is 4. The Balaban J connectivity index is 1.50. The van der Waals surface area contributed by atoms with Gasteiger partial charge >= 0.3 is 0 Å². The van der Waals surface area contributed by atoms with Crippen LogP contribution in [0.4, 0.5) is 0 Å². The highest BCUT2D eigenvalue weighted by molar-refractivity contribution is 6.06. The number of carbonyl (C=O) groups is 2. The number of allylic oxidation sites excluding steroid dienone is 4. The molecule has 0 saturated heterocycles. The lowest BCUT2D eigenvalue weighted by Gasteiger charge is -2.42. The largest absolute Gasteiger partial charge is 0.493 e. The van der Waals surface area contributed by atoms with Gasteiger partial charge in [-0.05, 0) is 47.3 Å². The van der Waals surface area contributed by atoms with E-state index in [9.17, 15) is 9.59 Å². The molecular weight excluding hydrogens is 412 g/mol. The van der Waals surface area contributed by atoms with E-state index in [1.54, 1.807) is 0 Å². The summed E-state index contributed by atoms with van der Waals surface area (Å²) in [7, 11) is 0. The highest BCUT2D eigenvalue weighted by atomic mass is 16.5. The standard InChI is InChI=1S/C29H36O4/c1-28(2)13-21(30)26-23(15-28)33-24-16-29(3,4)14-22(31)27(24)25(26)19-9-11-20(12-10-19)32-17-18-7-5-6-8-18/h9-12,18,25H,5-8,13-17H2,1-4H3. The summed E-state index contributed by atoms with van der Waals surface area (Å²) >= 11 is 0. The van der Waals surface area contributed by atoms with Crippen molar-refractivity contribution in [2.75, 3.05) is 6.61 Å². The lowest BCUT2D eigenvalue weighted by molar-refractivity contribution is -0.120. The van der Waals surface area contributed by atoms with Gasteiger partial charge in [0.05, 0.1) is 6.61 Å². The van der Waals surface area contributed by atoms with Crippen LogP contribution in [-0.4, -0.2) is 18.2 Å². The zero-order valence-corrected chi connectivity index (χ0v) is 20.5. The lowest BCUT2D eigenvalue weighted by Crippen LogP contribution is -2.37. The Hall–Kier alpha value is -2.36. The molecule has 4 heteroatoms. The molecule has 0 aromatic heterocycles. The lowest BCUT2D eigenvalue weighted by atomic mass is 9.65. The van der Waals surface area contributed by atoms with Gasteiger partial charge in [-0.15, -0.1) is 0 Å². The van der Waals surface area contributed by atoms with Gasteiger partial charge in [0.1, 0.15) is 17.3 Å². The average molecular weight is 449 g/mol. The monoisotopic (exact) mass is 448 g/mol. The fourth-order valence-corrected chi connectivity index (χ4v) is 6.16. The van der Waals surface area contributed by atoms with Crippen molar-refractivity contribution in [3.05, 3.63) is 52.5 Å². The Labute approximate surface area is 197 Å². The van der Waals surface area contributed by atoms with E-state index in [2.05, 4.69) is 27.7 Å². The fourth-order valence-electron chi connectivity index (χ4n) is 6.16. The van der Waals surface area contributed by atoms with Crippen molar-refractivity contribution in [3.63, 3.8) is 0 Å². The maximum Gasteiger partial charge on any atom is 0.163 e. The van der Waals surface area contributed by atoms with Crippen LogP contribution in [0.15, 0.2) is 46.9 Å². The van der Waals surface area contributed by atoms with E-state index in [0.29, 0.717) is 29.9 Å². The number of benzene rings is 1. The summed E-state index contributed by atoms with van der Waals surface area (Å²) in [4.78, 5) is 26.7. The molecule has 33 heavy (non-hydrogen) atoms. The Morgan fingerprint density at radius 3 is 1.85 bits per heavy atom. The molecule has 1 aromatic rings. The third-order valence-corrected chi connectivity index (χ3v) is 7.76. The number of Topliss-reactive ketones (excluding diaryl/α,β-unsaturated/α-hetero) is 2. The Bertz CT molecular complexity index is 980. The zero-order chi connectivity index (χ0) is 23.4. The number of ether oxygens (including phenoxy) is 2. The van der Waals surface area contributed by atoms with Crippen molar-refractivity contribution in [1.82, 2.24) is 0 Å². The van der Waals surface area contributed by atoms with E-state index < -0.39 is 0 Å². The third-order valence-electron chi connectivity index (χ3n) is 7.76. The van der Waals surface area contributed by atoms with Crippen LogP contribution in [0, 0.1) is 16.7 Å². The van der Waals surface area contributed by atoms with E-state index >= 15 is 0 Å². The van der Waals surface area contributed by atoms with Crippen molar-refractivity contribution in [2.45, 2.75) is 85.0 Å². The van der Waals surface area contributed by atoms with Crippen LogP contribution in [0.5, 0.6) is 5.75 Å². The van der Waals surface area contributed by atoms with Crippen LogP contribution in [-0.2, 0) is 14.3 Å². The predicted octanol–water partition coefficient (Wildman–Crippen LogP) is 6.66. The van der Waals surface area contributed by atoms with Crippen LogP contribution in [0.3, 0.4) is 0 Å². The number of ketones is 2. The maximum atomic E-state index is 13.4. The molecule has 0 atom stereocenters. The van der Waals surface area contributed by atoms with Gasteiger partial charge in [-0.25, -0.2) is 0 Å². The van der Waals surface area contributed by atoms with Gasteiger partial charge in [0.25, 0.3) is 0 Å². The molecule has 0 unspecified atom stereocenters. The summed E-state index contributed by atoms with van der Waals surface area (Å²) in [5.41, 5.74) is 2.10. The quantitative estimate of drug-likeness (QED) is 0.517. The summed E-state index contributed by atoms with van der Waals surface area (Å²) in [6.07, 6.45) is 7.53. The van der Waals surface area contributed by atoms with Crippen LogP contribution in [0.2, 0.25) is 0 Å². The molecule has 0 bridgehead atoms. The fraction of sp³-hybridized carbons (Fsp3) is 0.586. The molecular formula is C29H36O4. The second-order valence-corrected chi connectivity index (χ2v) is 12.1. The minimum Gasteiger partial charge on any atom is -0.493 e. The van der Waals surface area contributed by atoms with Crippen LogP contribution in [0.25, 0.3) is 0 Å². The van der Waals surface area contributed by atoms with E-state index in [1.807, 2.05) is 24.3 Å². The van der Waals surface area contributed by atoms with Crippen LogP contribution < -0.4 is 4.74 Å². The van der Waals surface area contributed by atoms with Crippen molar-refractivity contribution in [1.29, 1.82) is 0 Å². The van der Waals surface area contributed by atoms with Crippen molar-refractivity contribution in [2.24, 2.45) is 16.7 Å². The van der Waals surface area contributed by atoms with Gasteiger partial charge in [-0.3, -0.25) is 9.59 Å². The second-order valence-electron chi connectivity index (χ2n) is 12.1. The van der Waals surface area contributed by atoms with Gasteiger partial charge in [-0.2, -0.15) is 0 Å². The third kappa shape index (κ3) is 4.41. The first-order chi connectivity index (χ1) is 15.6. The summed E-state index contributed by atoms with van der Waals surface area (Å²) in [5, 5.41) is 0. The zero-order valence-electron chi connectivity index (χ0n) is 20.5. The van der Waals surface area contributed by atoms with Crippen LogP contribution in [0.1, 0.15) is 90.5 Å². The van der Waals surface area contributed by atoms with Gasteiger partial charge < -0.3 is 9.47 Å². The van der Waals surface area contributed by atoms with Gasteiger partial charge in [0.15, 0.2) is 11.6 Å². The normalized spacial score (nSPS) is 25.1. The molecule has 1 fully saturated rings. The number of carbonyl (C=O) groups excluding carboxylic acids is 2.